The van der Waals surface area contributed by atoms with Crippen LogP contribution in [0.4, 0.5) is 0 Å². The SMILES string of the molecule is Cc1cccc(CC(=O)N(Cc2cccc(Br)c2)[C@H](Cc2ccccc2)C(=O)NC2CCCC2)c1. The van der Waals surface area contributed by atoms with E-state index >= 15 is 0 Å². The number of halogens is 1. The standard InChI is InChI=1S/C30H33BrN2O2/c1-22-9-7-12-24(17-22)20-29(34)33(21-25-13-8-14-26(31)18-25)28(19-23-10-3-2-4-11-23)30(35)32-27-15-5-6-16-27/h2-4,7-14,17-18,27-28H,5-6,15-16,19-21H2,1H3,(H,32,35)/t28-/m1/s1. The summed E-state index contributed by atoms with van der Waals surface area (Å²) >= 11 is 3.55. The van der Waals surface area contributed by atoms with Gasteiger partial charge in [-0.2, -0.15) is 0 Å². The fourth-order valence-electron chi connectivity index (χ4n) is 4.85. The summed E-state index contributed by atoms with van der Waals surface area (Å²) < 4.78 is 0.955. The summed E-state index contributed by atoms with van der Waals surface area (Å²) in [4.78, 5) is 29.3. The Hall–Kier alpha value is -2.92. The van der Waals surface area contributed by atoms with Crippen LogP contribution in [0.25, 0.3) is 0 Å². The molecule has 2 amide bonds. The second-order valence-electron chi connectivity index (χ2n) is 9.51. The third-order valence-electron chi connectivity index (χ3n) is 6.65. The molecule has 0 aromatic heterocycles. The van der Waals surface area contributed by atoms with E-state index < -0.39 is 6.04 Å². The molecule has 5 heteroatoms. The number of nitrogens with zero attached hydrogens (tertiary/aromatic N) is 1. The Morgan fingerprint density at radius 3 is 2.31 bits per heavy atom. The summed E-state index contributed by atoms with van der Waals surface area (Å²) in [6.07, 6.45) is 5.04. The van der Waals surface area contributed by atoms with Crippen LogP contribution in [-0.4, -0.2) is 28.8 Å². The molecule has 0 bridgehead atoms. The van der Waals surface area contributed by atoms with Gasteiger partial charge in [0, 0.05) is 23.5 Å². The van der Waals surface area contributed by atoms with Crippen LogP contribution in [0.5, 0.6) is 0 Å². The van der Waals surface area contributed by atoms with Crippen LogP contribution in [0.15, 0.2) is 83.3 Å². The van der Waals surface area contributed by atoms with Gasteiger partial charge < -0.3 is 10.2 Å². The molecule has 1 fully saturated rings. The Balaban J connectivity index is 1.66. The Morgan fingerprint density at radius 1 is 0.914 bits per heavy atom. The average Bonchev–Trinajstić information content (AvgIpc) is 3.35. The minimum absolute atomic E-state index is 0.0434. The van der Waals surface area contributed by atoms with Gasteiger partial charge in [0.15, 0.2) is 0 Å². The Labute approximate surface area is 216 Å². The van der Waals surface area contributed by atoms with Crippen LogP contribution in [0.1, 0.15) is 47.9 Å². The average molecular weight is 534 g/mol. The molecule has 0 saturated heterocycles. The number of benzene rings is 3. The number of aryl methyl sites for hydroxylation is 1. The summed E-state index contributed by atoms with van der Waals surface area (Å²) in [5.74, 6) is -0.105. The highest BCUT2D eigenvalue weighted by Gasteiger charge is 2.32. The second-order valence-corrected chi connectivity index (χ2v) is 10.4. The fraction of sp³-hybridized carbons (Fsp3) is 0.333. The maximum Gasteiger partial charge on any atom is 0.243 e. The molecular weight excluding hydrogens is 500 g/mol. The van der Waals surface area contributed by atoms with Gasteiger partial charge in [-0.1, -0.05) is 101 Å². The normalized spacial score (nSPS) is 14.5. The molecule has 0 unspecified atom stereocenters. The van der Waals surface area contributed by atoms with Crippen molar-refractivity contribution in [2.75, 3.05) is 0 Å². The number of rotatable bonds is 9. The molecule has 3 aromatic rings. The largest absolute Gasteiger partial charge is 0.352 e. The molecular formula is C30H33BrN2O2. The molecule has 0 spiro atoms. The molecule has 4 nitrogen and oxygen atoms in total. The Morgan fingerprint density at radius 2 is 1.60 bits per heavy atom. The van der Waals surface area contributed by atoms with Crippen molar-refractivity contribution in [3.63, 3.8) is 0 Å². The maximum atomic E-state index is 13.8. The zero-order chi connectivity index (χ0) is 24.6. The van der Waals surface area contributed by atoms with Crippen LogP contribution in [0.2, 0.25) is 0 Å². The van der Waals surface area contributed by atoms with Crippen LogP contribution in [-0.2, 0) is 29.0 Å². The fourth-order valence-corrected chi connectivity index (χ4v) is 5.30. The van der Waals surface area contributed by atoms with Crippen molar-refractivity contribution in [2.24, 2.45) is 0 Å². The molecule has 0 heterocycles. The molecule has 1 N–H and O–H groups in total. The predicted molar refractivity (Wildman–Crippen MR) is 144 cm³/mol. The van der Waals surface area contributed by atoms with Gasteiger partial charge in [0.05, 0.1) is 6.42 Å². The summed E-state index contributed by atoms with van der Waals surface area (Å²) in [6, 6.07) is 25.6. The molecule has 0 aliphatic heterocycles. The van der Waals surface area contributed by atoms with Gasteiger partial charge in [0.25, 0.3) is 0 Å². The number of hydrogen-bond donors (Lipinski definition) is 1. The monoisotopic (exact) mass is 532 g/mol. The van der Waals surface area contributed by atoms with Crippen molar-refractivity contribution in [1.29, 1.82) is 0 Å². The topological polar surface area (TPSA) is 49.4 Å². The lowest BCUT2D eigenvalue weighted by Gasteiger charge is -2.32. The van der Waals surface area contributed by atoms with Gasteiger partial charge in [-0.25, -0.2) is 0 Å². The van der Waals surface area contributed by atoms with E-state index in [0.29, 0.717) is 13.0 Å². The Kier molecular flexibility index (Phi) is 8.75. The van der Waals surface area contributed by atoms with Gasteiger partial charge in [-0.05, 0) is 48.6 Å². The first kappa shape index (κ1) is 25.2. The Bertz CT molecular complexity index is 1140. The molecule has 1 saturated carbocycles. The predicted octanol–water partition coefficient (Wildman–Crippen LogP) is 6.00. The third kappa shape index (κ3) is 7.28. The van der Waals surface area contributed by atoms with Gasteiger partial charge in [0.2, 0.25) is 11.8 Å². The van der Waals surface area contributed by atoms with E-state index in [1.807, 2.05) is 85.8 Å². The molecule has 0 radical (unpaired) electrons. The molecule has 1 aliphatic rings. The minimum Gasteiger partial charge on any atom is -0.352 e. The zero-order valence-electron chi connectivity index (χ0n) is 20.3. The van der Waals surface area contributed by atoms with E-state index in [9.17, 15) is 9.59 Å². The highest BCUT2D eigenvalue weighted by molar-refractivity contribution is 9.10. The third-order valence-corrected chi connectivity index (χ3v) is 7.15. The van der Waals surface area contributed by atoms with Gasteiger partial charge in [0.1, 0.15) is 6.04 Å². The maximum absolute atomic E-state index is 13.8. The van der Waals surface area contributed by atoms with E-state index in [-0.39, 0.29) is 24.3 Å². The van der Waals surface area contributed by atoms with Crippen LogP contribution in [0.3, 0.4) is 0 Å². The van der Waals surface area contributed by atoms with Gasteiger partial charge in [-0.3, -0.25) is 9.59 Å². The van der Waals surface area contributed by atoms with Crippen LogP contribution >= 0.6 is 15.9 Å². The highest BCUT2D eigenvalue weighted by atomic mass is 79.9. The number of nitrogens with one attached hydrogen (secondary N) is 1. The van der Waals surface area contributed by atoms with Crippen molar-refractivity contribution in [3.8, 4) is 0 Å². The number of amides is 2. The zero-order valence-corrected chi connectivity index (χ0v) is 21.8. The van der Waals surface area contributed by atoms with E-state index in [1.165, 1.54) is 0 Å². The first-order valence-electron chi connectivity index (χ1n) is 12.4. The highest BCUT2D eigenvalue weighted by Crippen LogP contribution is 2.21. The van der Waals surface area contributed by atoms with Gasteiger partial charge in [-0.15, -0.1) is 0 Å². The molecule has 35 heavy (non-hydrogen) atoms. The smallest absolute Gasteiger partial charge is 0.243 e. The lowest BCUT2D eigenvalue weighted by Crippen LogP contribution is -2.52. The summed E-state index contributed by atoms with van der Waals surface area (Å²) in [6.45, 7) is 2.40. The lowest BCUT2D eigenvalue weighted by molar-refractivity contribution is -0.141. The van der Waals surface area contributed by atoms with E-state index in [4.69, 9.17) is 0 Å². The molecule has 182 valence electrons. The van der Waals surface area contributed by atoms with E-state index in [1.54, 1.807) is 4.90 Å². The second kappa shape index (κ2) is 12.2. The molecule has 1 aliphatic carbocycles. The van der Waals surface area contributed by atoms with E-state index in [2.05, 4.69) is 21.2 Å². The molecule has 3 aromatic carbocycles. The molecule has 1 atom stereocenters. The first-order valence-corrected chi connectivity index (χ1v) is 13.2. The lowest BCUT2D eigenvalue weighted by atomic mass is 10.0. The number of hydrogen-bond acceptors (Lipinski definition) is 2. The number of carbonyl (C=O) groups is 2. The van der Waals surface area contributed by atoms with Crippen molar-refractivity contribution in [3.05, 3.63) is 106 Å². The summed E-state index contributed by atoms with van der Waals surface area (Å²) in [5.41, 5.74) is 4.11. The van der Waals surface area contributed by atoms with Crippen LogP contribution < -0.4 is 5.32 Å². The van der Waals surface area contributed by atoms with Crippen LogP contribution in [0, 0.1) is 6.92 Å². The van der Waals surface area contributed by atoms with Crippen molar-refractivity contribution in [2.45, 2.75) is 64.1 Å². The van der Waals surface area contributed by atoms with Crippen molar-refractivity contribution < 1.29 is 9.59 Å². The molecule has 4 rings (SSSR count). The summed E-state index contributed by atoms with van der Waals surface area (Å²) in [7, 11) is 0. The number of carbonyl (C=O) groups excluding carboxylic acids is 2. The minimum atomic E-state index is -0.589. The van der Waals surface area contributed by atoms with Gasteiger partial charge >= 0.3 is 0 Å². The summed E-state index contributed by atoms with van der Waals surface area (Å²) in [5, 5.41) is 3.26. The van der Waals surface area contributed by atoms with Crippen molar-refractivity contribution in [1.82, 2.24) is 10.2 Å². The van der Waals surface area contributed by atoms with E-state index in [0.717, 1.165) is 52.4 Å². The van der Waals surface area contributed by atoms with Crippen molar-refractivity contribution >= 4 is 27.7 Å². The quantitative estimate of drug-likeness (QED) is 0.367. The first-order chi connectivity index (χ1) is 17.0.